The fraction of sp³-hybridized carbons (Fsp3) is 0.167. The summed E-state index contributed by atoms with van der Waals surface area (Å²) in [4.78, 5) is 0.643. The molecule has 0 aliphatic carbocycles. The fourth-order valence-electron chi connectivity index (χ4n) is 1.53. The van der Waals surface area contributed by atoms with E-state index in [0.717, 1.165) is 23.8 Å². The Morgan fingerprint density at radius 2 is 2.00 bits per heavy atom. The van der Waals surface area contributed by atoms with Crippen molar-refractivity contribution in [1.29, 1.82) is 0 Å². The van der Waals surface area contributed by atoms with Crippen molar-refractivity contribution in [3.05, 3.63) is 57.3 Å². The molecule has 0 saturated heterocycles. The second-order valence-corrected chi connectivity index (χ2v) is 4.48. The number of benzene rings is 1. The summed E-state index contributed by atoms with van der Waals surface area (Å²) in [6, 6.07) is 4.92. The molecule has 1 atom stereocenters. The van der Waals surface area contributed by atoms with Gasteiger partial charge in [0.15, 0.2) is 0 Å². The summed E-state index contributed by atoms with van der Waals surface area (Å²) in [5, 5.41) is 11.8. The number of hydrogen-bond acceptors (Lipinski definition) is 2. The third kappa shape index (κ3) is 1.99. The van der Waals surface area contributed by atoms with E-state index in [9.17, 15) is 13.9 Å². The summed E-state index contributed by atoms with van der Waals surface area (Å²) in [6.07, 6.45) is -1.10. The lowest BCUT2D eigenvalue weighted by molar-refractivity contribution is 0.217. The summed E-state index contributed by atoms with van der Waals surface area (Å²) < 4.78 is 26.4. The molecule has 0 aliphatic heterocycles. The number of thiophene rings is 1. The predicted octanol–water partition coefficient (Wildman–Crippen LogP) is 3.42. The van der Waals surface area contributed by atoms with Crippen LogP contribution in [0.5, 0.6) is 0 Å². The average Bonchev–Trinajstić information content (AvgIpc) is 2.67. The first-order valence-electron chi connectivity index (χ1n) is 4.76. The van der Waals surface area contributed by atoms with Crippen LogP contribution < -0.4 is 0 Å². The lowest BCUT2D eigenvalue weighted by atomic mass is 10.1. The molecule has 16 heavy (non-hydrogen) atoms. The molecule has 0 amide bonds. The van der Waals surface area contributed by atoms with Crippen LogP contribution in [0.1, 0.15) is 22.1 Å². The van der Waals surface area contributed by atoms with Crippen molar-refractivity contribution in [3.8, 4) is 0 Å². The van der Waals surface area contributed by atoms with E-state index in [1.165, 1.54) is 11.3 Å². The van der Waals surface area contributed by atoms with E-state index >= 15 is 0 Å². The SMILES string of the molecule is Cc1ccsc1C(O)c1cc(F)ccc1F. The zero-order valence-corrected chi connectivity index (χ0v) is 9.39. The highest BCUT2D eigenvalue weighted by molar-refractivity contribution is 7.10. The van der Waals surface area contributed by atoms with Crippen molar-refractivity contribution >= 4 is 11.3 Å². The molecule has 0 saturated carbocycles. The minimum Gasteiger partial charge on any atom is -0.383 e. The van der Waals surface area contributed by atoms with Crippen LogP contribution in [-0.2, 0) is 0 Å². The second-order valence-electron chi connectivity index (χ2n) is 3.54. The molecule has 1 aromatic heterocycles. The molecule has 2 rings (SSSR count). The van der Waals surface area contributed by atoms with Crippen molar-refractivity contribution in [1.82, 2.24) is 0 Å². The van der Waals surface area contributed by atoms with E-state index in [-0.39, 0.29) is 5.56 Å². The van der Waals surface area contributed by atoms with Gasteiger partial charge >= 0.3 is 0 Å². The van der Waals surface area contributed by atoms with Gasteiger partial charge in [-0.25, -0.2) is 8.78 Å². The molecule has 0 aliphatic rings. The van der Waals surface area contributed by atoms with Gasteiger partial charge in [-0.3, -0.25) is 0 Å². The maximum absolute atomic E-state index is 13.4. The standard InChI is InChI=1S/C12H10F2OS/c1-7-4-5-16-12(7)11(15)9-6-8(13)2-3-10(9)14/h2-6,11,15H,1H3. The lowest BCUT2D eigenvalue weighted by Gasteiger charge is -2.11. The van der Waals surface area contributed by atoms with Crippen LogP contribution in [0.15, 0.2) is 29.6 Å². The minimum atomic E-state index is -1.10. The molecule has 84 valence electrons. The summed E-state index contributed by atoms with van der Waals surface area (Å²) in [7, 11) is 0. The molecular formula is C12H10F2OS. The van der Waals surface area contributed by atoms with Gasteiger partial charge in [0.05, 0.1) is 0 Å². The summed E-state index contributed by atoms with van der Waals surface area (Å²) in [5.74, 6) is -1.15. The zero-order valence-electron chi connectivity index (χ0n) is 8.58. The van der Waals surface area contributed by atoms with Gasteiger partial charge in [-0.05, 0) is 42.1 Å². The largest absolute Gasteiger partial charge is 0.383 e. The third-order valence-electron chi connectivity index (χ3n) is 2.40. The molecule has 0 spiro atoms. The molecule has 1 heterocycles. The Hall–Kier alpha value is -1.26. The van der Waals surface area contributed by atoms with Crippen molar-refractivity contribution in [2.24, 2.45) is 0 Å². The maximum atomic E-state index is 13.4. The zero-order chi connectivity index (χ0) is 11.7. The minimum absolute atomic E-state index is 0.0226. The maximum Gasteiger partial charge on any atom is 0.129 e. The number of aliphatic hydroxyl groups is 1. The van der Waals surface area contributed by atoms with E-state index in [1.54, 1.807) is 0 Å². The quantitative estimate of drug-likeness (QED) is 0.852. The third-order valence-corrected chi connectivity index (χ3v) is 3.47. The van der Waals surface area contributed by atoms with E-state index in [2.05, 4.69) is 0 Å². The topological polar surface area (TPSA) is 20.2 Å². The average molecular weight is 240 g/mol. The van der Waals surface area contributed by atoms with E-state index in [4.69, 9.17) is 0 Å². The molecule has 2 aromatic rings. The predicted molar refractivity (Wildman–Crippen MR) is 59.5 cm³/mol. The Morgan fingerprint density at radius 3 is 2.62 bits per heavy atom. The molecule has 0 radical (unpaired) electrons. The summed E-state index contributed by atoms with van der Waals surface area (Å²) in [6.45, 7) is 1.83. The molecule has 0 fully saturated rings. The molecule has 1 unspecified atom stereocenters. The number of hydrogen-bond donors (Lipinski definition) is 1. The van der Waals surface area contributed by atoms with Gasteiger partial charge in [0.25, 0.3) is 0 Å². The van der Waals surface area contributed by atoms with Crippen molar-refractivity contribution in [2.75, 3.05) is 0 Å². The first-order valence-corrected chi connectivity index (χ1v) is 5.64. The van der Waals surface area contributed by atoms with Crippen LogP contribution in [0, 0.1) is 18.6 Å². The Bertz CT molecular complexity index is 507. The highest BCUT2D eigenvalue weighted by Crippen LogP contribution is 2.30. The van der Waals surface area contributed by atoms with E-state index in [0.29, 0.717) is 4.88 Å². The van der Waals surface area contributed by atoms with Crippen molar-refractivity contribution in [2.45, 2.75) is 13.0 Å². The Kier molecular flexibility index (Phi) is 3.03. The number of aryl methyl sites for hydroxylation is 1. The molecule has 1 nitrogen and oxygen atoms in total. The van der Waals surface area contributed by atoms with Crippen LogP contribution in [0.4, 0.5) is 8.78 Å². The van der Waals surface area contributed by atoms with Crippen LogP contribution >= 0.6 is 11.3 Å². The van der Waals surface area contributed by atoms with Gasteiger partial charge < -0.3 is 5.11 Å². The van der Waals surface area contributed by atoms with Gasteiger partial charge in [-0.15, -0.1) is 11.3 Å². The first-order chi connectivity index (χ1) is 7.59. The summed E-state index contributed by atoms with van der Waals surface area (Å²) in [5.41, 5.74) is 0.853. The smallest absolute Gasteiger partial charge is 0.129 e. The van der Waals surface area contributed by atoms with Crippen LogP contribution in [0.25, 0.3) is 0 Å². The number of halogens is 2. The Morgan fingerprint density at radius 1 is 1.25 bits per heavy atom. The number of rotatable bonds is 2. The van der Waals surface area contributed by atoms with Crippen LogP contribution in [-0.4, -0.2) is 5.11 Å². The van der Waals surface area contributed by atoms with E-state index in [1.807, 2.05) is 18.4 Å². The van der Waals surface area contributed by atoms with Crippen molar-refractivity contribution < 1.29 is 13.9 Å². The van der Waals surface area contributed by atoms with Gasteiger partial charge in [0.1, 0.15) is 17.7 Å². The van der Waals surface area contributed by atoms with Gasteiger partial charge in [0.2, 0.25) is 0 Å². The molecule has 1 aromatic carbocycles. The molecule has 1 N–H and O–H groups in total. The molecule has 4 heteroatoms. The van der Waals surface area contributed by atoms with Gasteiger partial charge in [0, 0.05) is 10.4 Å². The second kappa shape index (κ2) is 4.31. The van der Waals surface area contributed by atoms with E-state index < -0.39 is 17.7 Å². The Labute approximate surface area is 96.0 Å². The van der Waals surface area contributed by atoms with Gasteiger partial charge in [-0.2, -0.15) is 0 Å². The lowest BCUT2D eigenvalue weighted by Crippen LogP contribution is -2.02. The number of aliphatic hydroxyl groups excluding tert-OH is 1. The fourth-order valence-corrected chi connectivity index (χ4v) is 2.46. The first kappa shape index (κ1) is 11.2. The molecular weight excluding hydrogens is 230 g/mol. The normalized spacial score (nSPS) is 12.8. The van der Waals surface area contributed by atoms with Gasteiger partial charge in [-0.1, -0.05) is 0 Å². The van der Waals surface area contributed by atoms with Crippen LogP contribution in [0.2, 0.25) is 0 Å². The summed E-state index contributed by atoms with van der Waals surface area (Å²) >= 11 is 1.33. The van der Waals surface area contributed by atoms with Crippen molar-refractivity contribution in [3.63, 3.8) is 0 Å². The molecule has 0 bridgehead atoms. The highest BCUT2D eigenvalue weighted by atomic mass is 32.1. The Balaban J connectivity index is 2.45. The highest BCUT2D eigenvalue weighted by Gasteiger charge is 2.18. The monoisotopic (exact) mass is 240 g/mol. The van der Waals surface area contributed by atoms with Crippen LogP contribution in [0.3, 0.4) is 0 Å².